The van der Waals surface area contributed by atoms with Gasteiger partial charge in [-0.05, 0) is 68.6 Å². The Hall–Kier alpha value is -0.790. The highest BCUT2D eigenvalue weighted by Gasteiger charge is 2.49. The summed E-state index contributed by atoms with van der Waals surface area (Å²) in [7, 11) is 0. The molecular formula is C15H22O2. The average molecular weight is 234 g/mol. The molecule has 0 aliphatic heterocycles. The Bertz CT molecular complexity index is 308. The number of ether oxygens (including phenoxy) is 1. The van der Waals surface area contributed by atoms with Crippen LogP contribution in [0.15, 0.2) is 12.2 Å². The van der Waals surface area contributed by atoms with Gasteiger partial charge in [-0.3, -0.25) is 0 Å². The molecule has 4 aliphatic rings. The summed E-state index contributed by atoms with van der Waals surface area (Å²) >= 11 is 0. The number of esters is 1. The van der Waals surface area contributed by atoms with Gasteiger partial charge in [0.25, 0.3) is 0 Å². The van der Waals surface area contributed by atoms with Gasteiger partial charge in [0, 0.05) is 6.08 Å². The van der Waals surface area contributed by atoms with Crippen LogP contribution in [-0.4, -0.2) is 12.6 Å². The molecule has 0 amide bonds. The van der Waals surface area contributed by atoms with E-state index in [9.17, 15) is 4.79 Å². The molecule has 4 rings (SSSR count). The summed E-state index contributed by atoms with van der Waals surface area (Å²) in [5.41, 5.74) is 0.349. The molecule has 94 valence electrons. The normalized spacial score (nSPS) is 43.2. The van der Waals surface area contributed by atoms with Crippen molar-refractivity contribution in [2.24, 2.45) is 23.2 Å². The Morgan fingerprint density at radius 1 is 1.18 bits per heavy atom. The highest BCUT2D eigenvalue weighted by Crippen LogP contribution is 2.60. The lowest BCUT2D eigenvalue weighted by atomic mass is 9.49. The van der Waals surface area contributed by atoms with Crippen LogP contribution in [0.1, 0.15) is 45.4 Å². The Morgan fingerprint density at radius 2 is 1.71 bits per heavy atom. The molecule has 0 saturated heterocycles. The van der Waals surface area contributed by atoms with Gasteiger partial charge in [-0.15, -0.1) is 0 Å². The first-order valence-corrected chi connectivity index (χ1v) is 7.05. The second-order valence-corrected chi connectivity index (χ2v) is 6.37. The fourth-order valence-corrected chi connectivity index (χ4v) is 4.82. The Labute approximate surface area is 103 Å². The lowest BCUT2D eigenvalue weighted by Crippen LogP contribution is -2.45. The molecule has 17 heavy (non-hydrogen) atoms. The summed E-state index contributed by atoms with van der Waals surface area (Å²) < 4.78 is 4.98. The summed E-state index contributed by atoms with van der Waals surface area (Å²) in [6.07, 6.45) is 12.2. The van der Waals surface area contributed by atoms with Crippen LogP contribution < -0.4 is 0 Å². The predicted molar refractivity (Wildman–Crippen MR) is 66.4 cm³/mol. The molecule has 4 aliphatic carbocycles. The molecule has 0 aromatic heterocycles. The van der Waals surface area contributed by atoms with Gasteiger partial charge in [-0.1, -0.05) is 6.08 Å². The van der Waals surface area contributed by atoms with E-state index < -0.39 is 0 Å². The van der Waals surface area contributed by atoms with E-state index >= 15 is 0 Å². The molecule has 0 radical (unpaired) electrons. The molecule has 0 atom stereocenters. The van der Waals surface area contributed by atoms with Crippen LogP contribution in [0, 0.1) is 23.2 Å². The minimum Gasteiger partial charge on any atom is -0.463 e. The van der Waals surface area contributed by atoms with Crippen molar-refractivity contribution in [1.29, 1.82) is 0 Å². The zero-order chi connectivity index (χ0) is 11.9. The van der Waals surface area contributed by atoms with E-state index in [1.165, 1.54) is 38.5 Å². The number of hydrogen-bond donors (Lipinski definition) is 0. The van der Waals surface area contributed by atoms with E-state index in [0.717, 1.165) is 17.8 Å². The Balaban J connectivity index is 1.72. The van der Waals surface area contributed by atoms with Crippen LogP contribution >= 0.6 is 0 Å². The van der Waals surface area contributed by atoms with Crippen molar-refractivity contribution in [2.75, 3.05) is 6.61 Å². The third-order valence-electron chi connectivity index (χ3n) is 4.95. The maximum atomic E-state index is 11.4. The van der Waals surface area contributed by atoms with E-state index in [2.05, 4.69) is 6.08 Å². The molecular weight excluding hydrogens is 212 g/mol. The van der Waals surface area contributed by atoms with Gasteiger partial charge in [0.15, 0.2) is 0 Å². The quantitative estimate of drug-likeness (QED) is 0.553. The minimum absolute atomic E-state index is 0.164. The smallest absolute Gasteiger partial charge is 0.330 e. The lowest BCUT2D eigenvalue weighted by Gasteiger charge is -2.55. The maximum absolute atomic E-state index is 11.4. The molecule has 0 unspecified atom stereocenters. The summed E-state index contributed by atoms with van der Waals surface area (Å²) in [5.74, 6) is 2.65. The van der Waals surface area contributed by atoms with Crippen molar-refractivity contribution < 1.29 is 9.53 Å². The van der Waals surface area contributed by atoms with Crippen molar-refractivity contribution >= 4 is 5.97 Å². The number of allylic oxidation sites excluding steroid dienone is 1. The number of carbonyl (C=O) groups is 1. The van der Waals surface area contributed by atoms with Crippen LogP contribution in [0.5, 0.6) is 0 Å². The molecule has 4 bridgehead atoms. The average Bonchev–Trinajstić information content (AvgIpc) is 2.25. The number of carbonyl (C=O) groups excluding carboxylic acids is 1. The standard InChI is InChI=1S/C15H22O2/c1-2-17-14(16)3-4-15-8-11-5-12(9-15)7-13(6-11)10-15/h3-4,11-13H,2,5-10H2,1H3. The topological polar surface area (TPSA) is 26.3 Å². The second-order valence-electron chi connectivity index (χ2n) is 6.37. The minimum atomic E-state index is -0.164. The van der Waals surface area contributed by atoms with Crippen molar-refractivity contribution in [3.05, 3.63) is 12.2 Å². The summed E-state index contributed by atoms with van der Waals surface area (Å²) in [4.78, 5) is 11.4. The molecule has 0 aromatic rings. The summed E-state index contributed by atoms with van der Waals surface area (Å²) in [6, 6.07) is 0. The van der Waals surface area contributed by atoms with Gasteiger partial charge >= 0.3 is 5.97 Å². The van der Waals surface area contributed by atoms with Crippen LogP contribution in [0.2, 0.25) is 0 Å². The monoisotopic (exact) mass is 234 g/mol. The second kappa shape index (κ2) is 4.15. The van der Waals surface area contributed by atoms with Crippen LogP contribution in [-0.2, 0) is 9.53 Å². The molecule has 4 saturated carbocycles. The van der Waals surface area contributed by atoms with Gasteiger partial charge in [0.1, 0.15) is 0 Å². The van der Waals surface area contributed by atoms with Crippen molar-refractivity contribution in [3.8, 4) is 0 Å². The van der Waals surface area contributed by atoms with E-state index in [1.54, 1.807) is 6.08 Å². The lowest BCUT2D eigenvalue weighted by molar-refractivity contribution is -0.137. The summed E-state index contributed by atoms with van der Waals surface area (Å²) in [6.45, 7) is 2.33. The van der Waals surface area contributed by atoms with Gasteiger partial charge in [0.05, 0.1) is 6.61 Å². The van der Waals surface area contributed by atoms with E-state index in [0.29, 0.717) is 12.0 Å². The van der Waals surface area contributed by atoms with Crippen LogP contribution in [0.3, 0.4) is 0 Å². The number of hydrogen-bond acceptors (Lipinski definition) is 2. The first-order valence-electron chi connectivity index (χ1n) is 7.05. The third-order valence-corrected chi connectivity index (χ3v) is 4.95. The third kappa shape index (κ3) is 2.14. The maximum Gasteiger partial charge on any atom is 0.330 e. The highest BCUT2D eigenvalue weighted by atomic mass is 16.5. The summed E-state index contributed by atoms with van der Waals surface area (Å²) in [5, 5.41) is 0. The zero-order valence-electron chi connectivity index (χ0n) is 10.7. The first-order chi connectivity index (χ1) is 8.19. The Kier molecular flexibility index (Phi) is 2.76. The molecule has 2 nitrogen and oxygen atoms in total. The van der Waals surface area contributed by atoms with Crippen molar-refractivity contribution in [2.45, 2.75) is 45.4 Å². The predicted octanol–water partition coefficient (Wildman–Crippen LogP) is 3.32. The van der Waals surface area contributed by atoms with Crippen LogP contribution in [0.4, 0.5) is 0 Å². The number of rotatable bonds is 3. The molecule has 0 aromatic carbocycles. The Morgan fingerprint density at radius 3 is 2.18 bits per heavy atom. The van der Waals surface area contributed by atoms with Gasteiger partial charge in [0.2, 0.25) is 0 Å². The molecule has 2 heteroatoms. The fraction of sp³-hybridized carbons (Fsp3) is 0.800. The van der Waals surface area contributed by atoms with E-state index in [4.69, 9.17) is 4.74 Å². The SMILES string of the molecule is CCOC(=O)C=CC12CC3CC(CC(C3)C1)C2. The van der Waals surface area contributed by atoms with Gasteiger partial charge < -0.3 is 4.74 Å². The van der Waals surface area contributed by atoms with Gasteiger partial charge in [-0.25, -0.2) is 4.79 Å². The molecule has 0 spiro atoms. The van der Waals surface area contributed by atoms with Crippen molar-refractivity contribution in [1.82, 2.24) is 0 Å². The first kappa shape index (κ1) is 11.3. The fourth-order valence-electron chi connectivity index (χ4n) is 4.82. The van der Waals surface area contributed by atoms with Crippen LogP contribution in [0.25, 0.3) is 0 Å². The van der Waals surface area contributed by atoms with E-state index in [1.807, 2.05) is 6.92 Å². The highest BCUT2D eigenvalue weighted by molar-refractivity contribution is 5.82. The molecule has 0 heterocycles. The molecule has 4 fully saturated rings. The zero-order valence-corrected chi connectivity index (χ0v) is 10.7. The largest absolute Gasteiger partial charge is 0.463 e. The molecule has 0 N–H and O–H groups in total. The van der Waals surface area contributed by atoms with Gasteiger partial charge in [-0.2, -0.15) is 0 Å². The van der Waals surface area contributed by atoms with E-state index in [-0.39, 0.29) is 5.97 Å². The van der Waals surface area contributed by atoms with Crippen molar-refractivity contribution in [3.63, 3.8) is 0 Å².